The second kappa shape index (κ2) is 5.09. The molecule has 76 valence electrons. The summed E-state index contributed by atoms with van der Waals surface area (Å²) < 4.78 is 1.91. The van der Waals surface area contributed by atoms with Gasteiger partial charge in [-0.3, -0.25) is 4.79 Å². The van der Waals surface area contributed by atoms with Gasteiger partial charge in [-0.1, -0.05) is 0 Å². The van der Waals surface area contributed by atoms with Crippen LogP contribution in [0.4, 0.5) is 5.69 Å². The summed E-state index contributed by atoms with van der Waals surface area (Å²) in [5.74, 6) is -0.187. The molecule has 0 saturated heterocycles. The van der Waals surface area contributed by atoms with E-state index in [1.807, 2.05) is 18.2 Å². The molecule has 3 N–H and O–H groups in total. The molecule has 0 unspecified atom stereocenters. The molecule has 1 aromatic rings. The van der Waals surface area contributed by atoms with E-state index in [1.54, 1.807) is 6.92 Å². The second-order valence-electron chi connectivity index (χ2n) is 2.90. The van der Waals surface area contributed by atoms with E-state index in [0.29, 0.717) is 0 Å². The number of carbonyl (C=O) groups is 1. The minimum Gasteiger partial charge on any atom is -0.324 e. The van der Waals surface area contributed by atoms with Gasteiger partial charge in [0.15, 0.2) is 0 Å². The molecule has 0 aromatic heterocycles. The van der Waals surface area contributed by atoms with E-state index in [0.717, 1.165) is 13.7 Å². The number of rotatable bonds is 2. The predicted octanol–water partition coefficient (Wildman–Crippen LogP) is 2.34. The quantitative estimate of drug-likeness (QED) is 0.787. The molecule has 0 fully saturated rings. The van der Waals surface area contributed by atoms with E-state index in [4.69, 9.17) is 5.73 Å². The second-order valence-corrected chi connectivity index (χ2v) is 5.00. The first-order valence-electron chi connectivity index (χ1n) is 4.02. The maximum atomic E-state index is 11.3. The highest BCUT2D eigenvalue weighted by atomic mass is 127. The van der Waals surface area contributed by atoms with Crippen molar-refractivity contribution in [3.05, 3.63) is 26.2 Å². The lowest BCUT2D eigenvalue weighted by molar-refractivity contribution is -0.117. The normalized spacial score (nSPS) is 12.3. The van der Waals surface area contributed by atoms with Crippen molar-refractivity contribution in [1.29, 1.82) is 0 Å². The Morgan fingerprint density at radius 2 is 2.29 bits per heavy atom. The van der Waals surface area contributed by atoms with Crippen LogP contribution in [0.5, 0.6) is 0 Å². The third-order valence-electron chi connectivity index (χ3n) is 1.60. The van der Waals surface area contributed by atoms with Crippen LogP contribution in [-0.2, 0) is 4.79 Å². The van der Waals surface area contributed by atoms with Crippen LogP contribution in [0.25, 0.3) is 0 Å². The number of hydrogen-bond donors (Lipinski definition) is 2. The Morgan fingerprint density at radius 1 is 1.64 bits per heavy atom. The maximum Gasteiger partial charge on any atom is 0.241 e. The fourth-order valence-electron chi connectivity index (χ4n) is 0.840. The van der Waals surface area contributed by atoms with Crippen LogP contribution < -0.4 is 11.1 Å². The van der Waals surface area contributed by atoms with E-state index in [9.17, 15) is 4.79 Å². The largest absolute Gasteiger partial charge is 0.324 e. The summed E-state index contributed by atoms with van der Waals surface area (Å²) in [5.41, 5.74) is 6.19. The molecule has 3 nitrogen and oxygen atoms in total. The highest BCUT2D eigenvalue weighted by Gasteiger charge is 2.09. The molecule has 0 heterocycles. The van der Waals surface area contributed by atoms with Crippen molar-refractivity contribution in [2.45, 2.75) is 13.0 Å². The van der Waals surface area contributed by atoms with Crippen molar-refractivity contribution in [3.8, 4) is 0 Å². The van der Waals surface area contributed by atoms with Gasteiger partial charge >= 0.3 is 0 Å². The number of hydrogen-bond acceptors (Lipinski definition) is 2. The fourth-order valence-corrected chi connectivity index (χ4v) is 1.68. The zero-order valence-corrected chi connectivity index (χ0v) is 11.3. The average molecular weight is 369 g/mol. The van der Waals surface area contributed by atoms with Crippen LogP contribution in [-0.4, -0.2) is 11.9 Å². The number of halogens is 2. The summed E-state index contributed by atoms with van der Waals surface area (Å²) in [6.45, 7) is 1.65. The van der Waals surface area contributed by atoms with E-state index in [1.165, 1.54) is 0 Å². The van der Waals surface area contributed by atoms with Gasteiger partial charge < -0.3 is 11.1 Å². The van der Waals surface area contributed by atoms with Gasteiger partial charge in [0, 0.05) is 8.04 Å². The molecule has 1 amide bonds. The van der Waals surface area contributed by atoms with Crippen LogP contribution in [0.15, 0.2) is 22.7 Å². The summed E-state index contributed by atoms with van der Waals surface area (Å²) in [7, 11) is 0. The van der Waals surface area contributed by atoms with Crippen LogP contribution in [0.1, 0.15) is 6.92 Å². The Bertz CT molecular complexity index is 355. The van der Waals surface area contributed by atoms with Crippen LogP contribution >= 0.6 is 38.5 Å². The first-order valence-corrected chi connectivity index (χ1v) is 5.89. The van der Waals surface area contributed by atoms with Gasteiger partial charge in [-0.15, -0.1) is 0 Å². The first kappa shape index (κ1) is 11.9. The van der Waals surface area contributed by atoms with Crippen molar-refractivity contribution in [2.24, 2.45) is 5.73 Å². The molecule has 0 aliphatic rings. The van der Waals surface area contributed by atoms with Crippen LogP contribution in [0.2, 0.25) is 0 Å². The van der Waals surface area contributed by atoms with Gasteiger partial charge in [0.2, 0.25) is 5.91 Å². The number of nitrogens with two attached hydrogens (primary N) is 1. The molecule has 1 aromatic carbocycles. The molecule has 0 aliphatic heterocycles. The first-order chi connectivity index (χ1) is 6.50. The van der Waals surface area contributed by atoms with Crippen molar-refractivity contribution in [2.75, 3.05) is 5.32 Å². The molecular weight excluding hydrogens is 359 g/mol. The summed E-state index contributed by atoms with van der Waals surface area (Å²) in [4.78, 5) is 11.3. The number of carbonyl (C=O) groups excluding carboxylic acids is 1. The van der Waals surface area contributed by atoms with Crippen molar-refractivity contribution < 1.29 is 4.79 Å². The number of amides is 1. The Hall–Kier alpha value is -0.140. The van der Waals surface area contributed by atoms with Crippen LogP contribution in [0.3, 0.4) is 0 Å². The molecule has 5 heteroatoms. The van der Waals surface area contributed by atoms with Crippen LogP contribution in [0, 0.1) is 3.57 Å². The zero-order chi connectivity index (χ0) is 10.7. The molecule has 0 saturated carbocycles. The SMILES string of the molecule is C[C@H](N)C(=O)Nc1cc(I)ccc1Br. The Labute approximate surface area is 105 Å². The lowest BCUT2D eigenvalue weighted by Crippen LogP contribution is -2.32. The van der Waals surface area contributed by atoms with Crippen molar-refractivity contribution >= 4 is 50.1 Å². The molecule has 0 aliphatic carbocycles. The number of anilines is 1. The summed E-state index contributed by atoms with van der Waals surface area (Å²) in [6, 6.07) is 5.22. The Morgan fingerprint density at radius 3 is 2.86 bits per heavy atom. The molecule has 0 bridgehead atoms. The van der Waals surface area contributed by atoms with Gasteiger partial charge in [-0.2, -0.15) is 0 Å². The van der Waals surface area contributed by atoms with Gasteiger partial charge in [-0.25, -0.2) is 0 Å². The third-order valence-corrected chi connectivity index (χ3v) is 2.96. The summed E-state index contributed by atoms with van der Waals surface area (Å²) >= 11 is 5.53. The van der Waals surface area contributed by atoms with Gasteiger partial charge in [0.1, 0.15) is 0 Å². The zero-order valence-electron chi connectivity index (χ0n) is 7.55. The highest BCUT2D eigenvalue weighted by Crippen LogP contribution is 2.24. The predicted molar refractivity (Wildman–Crippen MR) is 69.1 cm³/mol. The average Bonchev–Trinajstić information content (AvgIpc) is 2.11. The Kier molecular flexibility index (Phi) is 4.33. The number of benzene rings is 1. The van der Waals surface area contributed by atoms with Crippen molar-refractivity contribution in [1.82, 2.24) is 0 Å². The molecule has 0 radical (unpaired) electrons. The molecule has 1 atom stereocenters. The van der Waals surface area contributed by atoms with Gasteiger partial charge in [0.05, 0.1) is 11.7 Å². The lowest BCUT2D eigenvalue weighted by Gasteiger charge is -2.09. The van der Waals surface area contributed by atoms with Gasteiger partial charge in [0.25, 0.3) is 0 Å². The molecule has 1 rings (SSSR count). The smallest absolute Gasteiger partial charge is 0.241 e. The van der Waals surface area contributed by atoms with E-state index >= 15 is 0 Å². The minimum absolute atomic E-state index is 0.187. The monoisotopic (exact) mass is 368 g/mol. The molecule has 14 heavy (non-hydrogen) atoms. The fraction of sp³-hybridized carbons (Fsp3) is 0.222. The van der Waals surface area contributed by atoms with E-state index < -0.39 is 6.04 Å². The standard InChI is InChI=1S/C9H10BrIN2O/c1-5(12)9(14)13-8-4-6(11)2-3-7(8)10/h2-5H,12H2,1H3,(H,13,14)/t5-/m0/s1. The molecular formula is C9H10BrIN2O. The number of nitrogens with one attached hydrogen (secondary N) is 1. The highest BCUT2D eigenvalue weighted by molar-refractivity contribution is 14.1. The lowest BCUT2D eigenvalue weighted by atomic mass is 10.3. The minimum atomic E-state index is -0.500. The summed E-state index contributed by atoms with van der Waals surface area (Å²) in [6.07, 6.45) is 0. The third kappa shape index (κ3) is 3.21. The summed E-state index contributed by atoms with van der Waals surface area (Å²) in [5, 5.41) is 2.73. The van der Waals surface area contributed by atoms with E-state index in [-0.39, 0.29) is 5.91 Å². The van der Waals surface area contributed by atoms with E-state index in [2.05, 4.69) is 43.8 Å². The Balaban J connectivity index is 2.86. The molecule has 0 spiro atoms. The van der Waals surface area contributed by atoms with Gasteiger partial charge in [-0.05, 0) is 63.6 Å². The topological polar surface area (TPSA) is 55.1 Å². The maximum absolute atomic E-state index is 11.3. The van der Waals surface area contributed by atoms with Crippen molar-refractivity contribution in [3.63, 3.8) is 0 Å².